The van der Waals surface area contributed by atoms with Crippen molar-refractivity contribution >= 4 is 28.9 Å². The Morgan fingerprint density at radius 1 is 1.29 bits per heavy atom. The van der Waals surface area contributed by atoms with Crippen molar-refractivity contribution in [3.8, 4) is 0 Å². The van der Waals surface area contributed by atoms with Gasteiger partial charge in [0.15, 0.2) is 0 Å². The number of halogens is 1. The summed E-state index contributed by atoms with van der Waals surface area (Å²) < 4.78 is 0. The van der Waals surface area contributed by atoms with Crippen molar-refractivity contribution in [3.05, 3.63) is 15.4 Å². The van der Waals surface area contributed by atoms with Gasteiger partial charge < -0.3 is 10.6 Å². The molecule has 0 spiro atoms. The summed E-state index contributed by atoms with van der Waals surface area (Å²) >= 11 is 5.69. The Kier molecular flexibility index (Phi) is 3.28. The van der Waals surface area contributed by atoms with E-state index < -0.39 is 4.92 Å². The second-order valence-electron chi connectivity index (χ2n) is 3.85. The molecule has 1 fully saturated rings. The molecule has 92 valence electrons. The lowest BCUT2D eigenvalue weighted by molar-refractivity contribution is -0.383. The molecule has 0 aromatic carbocycles. The van der Waals surface area contributed by atoms with Gasteiger partial charge in [-0.2, -0.15) is 9.97 Å². The Hall–Kier alpha value is -1.63. The quantitative estimate of drug-likeness (QED) is 0.491. The van der Waals surface area contributed by atoms with E-state index >= 15 is 0 Å². The Morgan fingerprint density at radius 2 is 1.94 bits per heavy atom. The number of nitrogens with two attached hydrogens (primary N) is 1. The third-order valence-corrected chi connectivity index (χ3v) is 2.87. The van der Waals surface area contributed by atoms with Crippen LogP contribution in [0.5, 0.6) is 0 Å². The topological polar surface area (TPSA) is 98.2 Å². The van der Waals surface area contributed by atoms with Gasteiger partial charge in [0.2, 0.25) is 16.9 Å². The Morgan fingerprint density at radius 3 is 2.53 bits per heavy atom. The highest BCUT2D eigenvalue weighted by molar-refractivity contribution is 6.28. The smallest absolute Gasteiger partial charge is 0.353 e. The van der Waals surface area contributed by atoms with Crippen LogP contribution in [0.2, 0.25) is 5.28 Å². The highest BCUT2D eigenvalue weighted by Gasteiger charge is 2.27. The lowest BCUT2D eigenvalue weighted by atomic mass is 10.1. The average molecular weight is 258 g/mol. The molecule has 1 aliphatic rings. The maximum absolute atomic E-state index is 11.0. The summed E-state index contributed by atoms with van der Waals surface area (Å²) in [4.78, 5) is 19.8. The molecule has 0 amide bonds. The molecular formula is C9H12ClN5O2. The number of nitro groups is 1. The number of piperidine rings is 1. The molecular weight excluding hydrogens is 246 g/mol. The van der Waals surface area contributed by atoms with Gasteiger partial charge in [-0.1, -0.05) is 0 Å². The molecule has 2 heterocycles. The SMILES string of the molecule is Nc1nc(Cl)nc(N2CCCCC2)c1[N+](=O)[O-]. The molecule has 0 aliphatic carbocycles. The van der Waals surface area contributed by atoms with Crippen LogP contribution >= 0.6 is 11.6 Å². The molecule has 2 N–H and O–H groups in total. The van der Waals surface area contributed by atoms with Crippen molar-refractivity contribution in [3.63, 3.8) is 0 Å². The Labute approximate surface area is 103 Å². The zero-order valence-corrected chi connectivity index (χ0v) is 9.85. The fourth-order valence-corrected chi connectivity index (χ4v) is 2.10. The summed E-state index contributed by atoms with van der Waals surface area (Å²) in [5, 5.41) is 10.9. The normalized spacial score (nSPS) is 15.9. The van der Waals surface area contributed by atoms with Crippen LogP contribution in [-0.4, -0.2) is 28.0 Å². The molecule has 1 aliphatic heterocycles. The maximum atomic E-state index is 11.0. The van der Waals surface area contributed by atoms with E-state index in [1.165, 1.54) is 0 Å². The Balaban J connectivity index is 2.46. The van der Waals surface area contributed by atoms with Gasteiger partial charge in [0.25, 0.3) is 0 Å². The third kappa shape index (κ3) is 2.38. The first-order valence-electron chi connectivity index (χ1n) is 5.32. The van der Waals surface area contributed by atoms with Gasteiger partial charge in [-0.3, -0.25) is 10.1 Å². The number of hydrogen-bond acceptors (Lipinski definition) is 6. The minimum absolute atomic E-state index is 0.0614. The zero-order chi connectivity index (χ0) is 12.4. The highest BCUT2D eigenvalue weighted by atomic mass is 35.5. The first-order chi connectivity index (χ1) is 8.09. The van der Waals surface area contributed by atoms with E-state index in [4.69, 9.17) is 17.3 Å². The molecule has 0 bridgehead atoms. The van der Waals surface area contributed by atoms with Crippen LogP contribution in [0.3, 0.4) is 0 Å². The van der Waals surface area contributed by atoms with Crippen LogP contribution in [0, 0.1) is 10.1 Å². The molecule has 1 saturated heterocycles. The maximum Gasteiger partial charge on any atom is 0.353 e. The van der Waals surface area contributed by atoms with Gasteiger partial charge in [0.1, 0.15) is 0 Å². The summed E-state index contributed by atoms with van der Waals surface area (Å²) in [5.74, 6) is 0.0442. The molecule has 0 unspecified atom stereocenters. The van der Waals surface area contributed by atoms with Gasteiger partial charge in [0, 0.05) is 13.1 Å². The van der Waals surface area contributed by atoms with E-state index in [1.807, 2.05) is 4.90 Å². The van der Waals surface area contributed by atoms with Crippen molar-refractivity contribution in [2.24, 2.45) is 0 Å². The number of nitrogen functional groups attached to an aromatic ring is 1. The lowest BCUT2D eigenvalue weighted by Gasteiger charge is -2.27. The molecule has 8 heteroatoms. The average Bonchev–Trinajstić information content (AvgIpc) is 2.28. The van der Waals surface area contributed by atoms with Crippen molar-refractivity contribution < 1.29 is 4.92 Å². The monoisotopic (exact) mass is 257 g/mol. The van der Waals surface area contributed by atoms with Gasteiger partial charge in [0.05, 0.1) is 4.92 Å². The highest BCUT2D eigenvalue weighted by Crippen LogP contribution is 2.33. The fraction of sp³-hybridized carbons (Fsp3) is 0.556. The van der Waals surface area contributed by atoms with Gasteiger partial charge in [-0.05, 0) is 30.9 Å². The van der Waals surface area contributed by atoms with Crippen molar-refractivity contribution in [2.75, 3.05) is 23.7 Å². The van der Waals surface area contributed by atoms with Gasteiger partial charge >= 0.3 is 5.69 Å². The predicted molar refractivity (Wildman–Crippen MR) is 64.2 cm³/mol. The molecule has 0 radical (unpaired) electrons. The Bertz CT molecular complexity index is 447. The summed E-state index contributed by atoms with van der Waals surface area (Å²) in [6.45, 7) is 1.46. The molecule has 0 atom stereocenters. The van der Waals surface area contributed by atoms with Gasteiger partial charge in [-0.25, -0.2) is 0 Å². The van der Waals surface area contributed by atoms with Crippen LogP contribution < -0.4 is 10.6 Å². The largest absolute Gasteiger partial charge is 0.378 e. The first kappa shape index (κ1) is 11.8. The summed E-state index contributed by atoms with van der Waals surface area (Å²) in [7, 11) is 0. The zero-order valence-electron chi connectivity index (χ0n) is 9.10. The predicted octanol–water partition coefficient (Wildman–Crippen LogP) is 1.61. The van der Waals surface area contributed by atoms with E-state index in [1.54, 1.807) is 0 Å². The van der Waals surface area contributed by atoms with Crippen LogP contribution in [0.1, 0.15) is 19.3 Å². The number of aromatic nitrogens is 2. The van der Waals surface area contributed by atoms with E-state index in [0.29, 0.717) is 0 Å². The molecule has 2 rings (SSSR count). The fourth-order valence-electron chi connectivity index (χ4n) is 1.93. The first-order valence-corrected chi connectivity index (χ1v) is 5.69. The summed E-state index contributed by atoms with van der Waals surface area (Å²) in [5.41, 5.74) is 5.27. The lowest BCUT2D eigenvalue weighted by Crippen LogP contribution is -2.31. The van der Waals surface area contributed by atoms with Crippen molar-refractivity contribution in [1.29, 1.82) is 0 Å². The minimum Gasteiger partial charge on any atom is -0.378 e. The molecule has 1 aromatic rings. The van der Waals surface area contributed by atoms with E-state index in [9.17, 15) is 10.1 Å². The van der Waals surface area contributed by atoms with Crippen LogP contribution in [-0.2, 0) is 0 Å². The third-order valence-electron chi connectivity index (χ3n) is 2.70. The molecule has 17 heavy (non-hydrogen) atoms. The second kappa shape index (κ2) is 4.70. The number of hydrogen-bond donors (Lipinski definition) is 1. The summed E-state index contributed by atoms with van der Waals surface area (Å²) in [6.07, 6.45) is 3.09. The molecule has 7 nitrogen and oxygen atoms in total. The van der Waals surface area contributed by atoms with E-state index in [0.717, 1.165) is 32.4 Å². The molecule has 0 saturated carbocycles. The van der Waals surface area contributed by atoms with Gasteiger partial charge in [-0.15, -0.1) is 0 Å². The second-order valence-corrected chi connectivity index (χ2v) is 4.19. The number of nitrogens with zero attached hydrogens (tertiary/aromatic N) is 4. The molecule has 1 aromatic heterocycles. The number of rotatable bonds is 2. The van der Waals surface area contributed by atoms with Crippen molar-refractivity contribution in [1.82, 2.24) is 9.97 Å². The standard InChI is InChI=1S/C9H12ClN5O2/c10-9-12-7(11)6(15(16)17)8(13-9)14-4-2-1-3-5-14/h1-5H2,(H2,11,12,13). The number of anilines is 2. The van der Waals surface area contributed by atoms with Crippen LogP contribution in [0.15, 0.2) is 0 Å². The summed E-state index contributed by atoms with van der Waals surface area (Å²) in [6, 6.07) is 0. The van der Waals surface area contributed by atoms with Crippen LogP contribution in [0.4, 0.5) is 17.3 Å². The van der Waals surface area contributed by atoms with Crippen LogP contribution in [0.25, 0.3) is 0 Å². The minimum atomic E-state index is -0.560. The van der Waals surface area contributed by atoms with E-state index in [2.05, 4.69) is 9.97 Å². The van der Waals surface area contributed by atoms with E-state index in [-0.39, 0.29) is 22.6 Å². The van der Waals surface area contributed by atoms with Crippen molar-refractivity contribution in [2.45, 2.75) is 19.3 Å².